The number of rotatable bonds is 3. The zero-order chi connectivity index (χ0) is 11.5. The van der Waals surface area contributed by atoms with E-state index in [1.807, 2.05) is 30.3 Å². The van der Waals surface area contributed by atoms with Crippen molar-refractivity contribution in [3.63, 3.8) is 0 Å². The van der Waals surface area contributed by atoms with Crippen LogP contribution in [0.3, 0.4) is 0 Å². The Labute approximate surface area is 102 Å². The lowest BCUT2D eigenvalue weighted by Crippen LogP contribution is -2.11. The molecule has 0 aliphatic carbocycles. The number of methoxy groups -OCH3 is 1. The Bertz CT molecular complexity index is 464. The van der Waals surface area contributed by atoms with Crippen molar-refractivity contribution in [2.75, 3.05) is 7.11 Å². The molecule has 1 unspecified atom stereocenters. The van der Waals surface area contributed by atoms with Crippen molar-refractivity contribution in [2.24, 2.45) is 5.73 Å². The topological polar surface area (TPSA) is 48.4 Å². The monoisotopic (exact) mass is 281 g/mol. The Kier molecular flexibility index (Phi) is 3.31. The predicted molar refractivity (Wildman–Crippen MR) is 65.4 cm³/mol. The predicted octanol–water partition coefficient (Wildman–Crippen LogP) is 3.10. The molecule has 0 fully saturated rings. The second-order valence-electron chi connectivity index (χ2n) is 3.40. The molecule has 0 amide bonds. The van der Waals surface area contributed by atoms with Gasteiger partial charge >= 0.3 is 0 Å². The first-order chi connectivity index (χ1) is 7.72. The maximum Gasteiger partial charge on any atom is 0.174 e. The van der Waals surface area contributed by atoms with Crippen LogP contribution in [0.4, 0.5) is 0 Å². The summed E-state index contributed by atoms with van der Waals surface area (Å²) in [6, 6.07) is 9.34. The summed E-state index contributed by atoms with van der Waals surface area (Å²) in [5, 5.41) is 0. The molecule has 84 valence electrons. The minimum absolute atomic E-state index is 0.195. The van der Waals surface area contributed by atoms with Gasteiger partial charge in [0.05, 0.1) is 19.4 Å². The highest BCUT2D eigenvalue weighted by atomic mass is 79.9. The van der Waals surface area contributed by atoms with Gasteiger partial charge in [-0.25, -0.2) is 0 Å². The first-order valence-corrected chi connectivity index (χ1v) is 5.64. The summed E-state index contributed by atoms with van der Waals surface area (Å²) < 4.78 is 10.9. The molecule has 2 rings (SSSR count). The van der Waals surface area contributed by atoms with Crippen LogP contribution in [-0.4, -0.2) is 7.11 Å². The summed E-state index contributed by atoms with van der Waals surface area (Å²) in [6.45, 7) is 0. The van der Waals surface area contributed by atoms with Crippen LogP contribution in [0.5, 0.6) is 5.75 Å². The van der Waals surface area contributed by atoms with Crippen molar-refractivity contribution in [1.82, 2.24) is 0 Å². The second-order valence-corrected chi connectivity index (χ2v) is 4.12. The van der Waals surface area contributed by atoms with Crippen molar-refractivity contribution < 1.29 is 9.15 Å². The first-order valence-electron chi connectivity index (χ1n) is 4.85. The summed E-state index contributed by atoms with van der Waals surface area (Å²) in [6.07, 6.45) is 1.61. The zero-order valence-corrected chi connectivity index (χ0v) is 10.4. The van der Waals surface area contributed by atoms with E-state index >= 15 is 0 Å². The number of furan rings is 1. The van der Waals surface area contributed by atoms with Crippen molar-refractivity contribution in [3.05, 3.63) is 52.4 Å². The van der Waals surface area contributed by atoms with E-state index in [-0.39, 0.29) is 6.04 Å². The van der Waals surface area contributed by atoms with Crippen molar-refractivity contribution in [3.8, 4) is 5.75 Å². The van der Waals surface area contributed by atoms with E-state index in [9.17, 15) is 0 Å². The molecule has 0 radical (unpaired) electrons. The van der Waals surface area contributed by atoms with E-state index in [0.29, 0.717) is 4.67 Å². The maximum atomic E-state index is 6.12. The molecule has 0 saturated carbocycles. The van der Waals surface area contributed by atoms with E-state index in [2.05, 4.69) is 15.9 Å². The molecular formula is C12H12BrNO2. The summed E-state index contributed by atoms with van der Waals surface area (Å²) in [4.78, 5) is 0. The number of benzene rings is 1. The lowest BCUT2D eigenvalue weighted by atomic mass is 10.0. The summed E-state index contributed by atoms with van der Waals surface area (Å²) >= 11 is 3.32. The van der Waals surface area contributed by atoms with Gasteiger partial charge in [0.25, 0.3) is 0 Å². The standard InChI is InChI=1S/C12H12BrNO2/c1-15-9-4-2-8(3-5-9)11(14)10-6-7-16-12(10)13/h2-7,11H,14H2,1H3. The van der Waals surface area contributed by atoms with Gasteiger partial charge in [-0.1, -0.05) is 12.1 Å². The molecule has 1 aromatic heterocycles. The fourth-order valence-corrected chi connectivity index (χ4v) is 2.00. The molecule has 1 atom stereocenters. The molecule has 4 heteroatoms. The third-order valence-corrected chi connectivity index (χ3v) is 3.10. The average molecular weight is 282 g/mol. The number of nitrogens with two attached hydrogens (primary N) is 1. The summed E-state index contributed by atoms with van der Waals surface area (Å²) in [7, 11) is 1.64. The first kappa shape index (κ1) is 11.2. The fraction of sp³-hybridized carbons (Fsp3) is 0.167. The van der Waals surface area contributed by atoms with Crippen LogP contribution in [0.15, 0.2) is 45.7 Å². The molecule has 0 spiro atoms. The molecule has 0 saturated heterocycles. The van der Waals surface area contributed by atoms with Gasteiger partial charge in [0, 0.05) is 5.56 Å². The normalized spacial score (nSPS) is 12.4. The molecular weight excluding hydrogens is 270 g/mol. The molecule has 0 aliphatic rings. The highest BCUT2D eigenvalue weighted by Gasteiger charge is 2.14. The minimum Gasteiger partial charge on any atom is -0.497 e. The second kappa shape index (κ2) is 4.72. The van der Waals surface area contributed by atoms with Gasteiger partial charge in [0.15, 0.2) is 4.67 Å². The molecule has 0 bridgehead atoms. The fourth-order valence-electron chi connectivity index (χ4n) is 1.52. The molecule has 2 aromatic rings. The smallest absolute Gasteiger partial charge is 0.174 e. The summed E-state index contributed by atoms with van der Waals surface area (Å²) in [5.41, 5.74) is 8.07. The Hall–Kier alpha value is -1.26. The minimum atomic E-state index is -0.195. The highest BCUT2D eigenvalue weighted by Crippen LogP contribution is 2.28. The zero-order valence-electron chi connectivity index (χ0n) is 8.81. The number of hydrogen-bond donors (Lipinski definition) is 1. The highest BCUT2D eigenvalue weighted by molar-refractivity contribution is 9.10. The van der Waals surface area contributed by atoms with Gasteiger partial charge < -0.3 is 14.9 Å². The van der Waals surface area contributed by atoms with Crippen LogP contribution in [0.25, 0.3) is 0 Å². The largest absolute Gasteiger partial charge is 0.497 e. The molecule has 2 N–H and O–H groups in total. The van der Waals surface area contributed by atoms with E-state index in [0.717, 1.165) is 16.9 Å². The molecule has 16 heavy (non-hydrogen) atoms. The van der Waals surface area contributed by atoms with Crippen LogP contribution in [0.1, 0.15) is 17.2 Å². The molecule has 0 aliphatic heterocycles. The van der Waals surface area contributed by atoms with Gasteiger partial charge in [-0.3, -0.25) is 0 Å². The van der Waals surface area contributed by atoms with Crippen molar-refractivity contribution >= 4 is 15.9 Å². The maximum absolute atomic E-state index is 6.12. The van der Waals surface area contributed by atoms with Crippen LogP contribution in [-0.2, 0) is 0 Å². The number of halogens is 1. The van der Waals surface area contributed by atoms with Gasteiger partial charge in [0.2, 0.25) is 0 Å². The third kappa shape index (κ3) is 2.13. The molecule has 1 heterocycles. The van der Waals surface area contributed by atoms with Crippen LogP contribution in [0, 0.1) is 0 Å². The van der Waals surface area contributed by atoms with Gasteiger partial charge in [-0.15, -0.1) is 0 Å². The van der Waals surface area contributed by atoms with Gasteiger partial charge in [-0.05, 0) is 39.7 Å². The Morgan fingerprint density at radius 2 is 1.94 bits per heavy atom. The third-order valence-electron chi connectivity index (χ3n) is 2.46. The Balaban J connectivity index is 2.27. The van der Waals surface area contributed by atoms with E-state index in [4.69, 9.17) is 14.9 Å². The average Bonchev–Trinajstić information content (AvgIpc) is 2.75. The lowest BCUT2D eigenvalue weighted by Gasteiger charge is -2.11. The Morgan fingerprint density at radius 3 is 2.44 bits per heavy atom. The summed E-state index contributed by atoms with van der Waals surface area (Å²) in [5.74, 6) is 0.821. The van der Waals surface area contributed by atoms with Crippen LogP contribution in [0.2, 0.25) is 0 Å². The van der Waals surface area contributed by atoms with Crippen molar-refractivity contribution in [1.29, 1.82) is 0 Å². The number of hydrogen-bond acceptors (Lipinski definition) is 3. The van der Waals surface area contributed by atoms with E-state index in [1.165, 1.54) is 0 Å². The van der Waals surface area contributed by atoms with E-state index in [1.54, 1.807) is 13.4 Å². The van der Waals surface area contributed by atoms with Gasteiger partial charge in [-0.2, -0.15) is 0 Å². The molecule has 1 aromatic carbocycles. The van der Waals surface area contributed by atoms with Crippen LogP contribution < -0.4 is 10.5 Å². The number of ether oxygens (including phenoxy) is 1. The Morgan fingerprint density at radius 1 is 1.25 bits per heavy atom. The van der Waals surface area contributed by atoms with Crippen LogP contribution >= 0.6 is 15.9 Å². The quantitative estimate of drug-likeness (QED) is 0.941. The van der Waals surface area contributed by atoms with E-state index < -0.39 is 0 Å². The lowest BCUT2D eigenvalue weighted by molar-refractivity contribution is 0.414. The SMILES string of the molecule is COc1ccc(C(N)c2ccoc2Br)cc1. The van der Waals surface area contributed by atoms with Gasteiger partial charge in [0.1, 0.15) is 5.75 Å². The van der Waals surface area contributed by atoms with Crippen molar-refractivity contribution in [2.45, 2.75) is 6.04 Å². The molecule has 3 nitrogen and oxygen atoms in total.